The van der Waals surface area contributed by atoms with Crippen LogP contribution in [0.5, 0.6) is 0 Å². The maximum absolute atomic E-state index is 10.3. The Labute approximate surface area is 77.2 Å². The maximum Gasteiger partial charge on any atom is 0.123 e. The molecular formula is C10H12OS. The average Bonchev–Trinajstić information content (AvgIpc) is 2.16. The van der Waals surface area contributed by atoms with Crippen molar-refractivity contribution in [1.29, 1.82) is 0 Å². The van der Waals surface area contributed by atoms with E-state index in [-0.39, 0.29) is 5.92 Å². The number of thioether (sulfide) groups is 1. The Morgan fingerprint density at radius 1 is 1.42 bits per heavy atom. The molecule has 0 saturated carbocycles. The van der Waals surface area contributed by atoms with Crippen molar-refractivity contribution in [3.05, 3.63) is 30.3 Å². The van der Waals surface area contributed by atoms with E-state index < -0.39 is 0 Å². The fraction of sp³-hybridized carbons (Fsp3) is 0.300. The molecule has 64 valence electrons. The predicted molar refractivity (Wildman–Crippen MR) is 52.4 cm³/mol. The highest BCUT2D eigenvalue weighted by Gasteiger charge is 1.99. The normalized spacial score (nSPS) is 12.4. The highest BCUT2D eigenvalue weighted by molar-refractivity contribution is 7.99. The van der Waals surface area contributed by atoms with Crippen molar-refractivity contribution >= 4 is 18.0 Å². The number of hydrogen-bond acceptors (Lipinski definition) is 2. The molecule has 0 N–H and O–H groups in total. The predicted octanol–water partition coefficient (Wildman–Crippen LogP) is 2.61. The number of carbonyl (C=O) groups is 1. The molecule has 0 aliphatic rings. The van der Waals surface area contributed by atoms with Crippen LogP contribution in [0.15, 0.2) is 35.2 Å². The molecule has 1 aromatic rings. The van der Waals surface area contributed by atoms with E-state index in [1.54, 1.807) is 11.8 Å². The molecule has 0 saturated heterocycles. The first-order valence-corrected chi connectivity index (χ1v) is 4.94. The highest BCUT2D eigenvalue weighted by atomic mass is 32.2. The van der Waals surface area contributed by atoms with Gasteiger partial charge >= 0.3 is 0 Å². The molecule has 12 heavy (non-hydrogen) atoms. The van der Waals surface area contributed by atoms with Crippen molar-refractivity contribution in [2.24, 2.45) is 5.92 Å². The summed E-state index contributed by atoms with van der Waals surface area (Å²) in [5, 5.41) is 0. The smallest absolute Gasteiger partial charge is 0.123 e. The molecule has 0 heterocycles. The molecule has 0 aliphatic carbocycles. The zero-order chi connectivity index (χ0) is 8.81. The van der Waals surface area contributed by atoms with Crippen molar-refractivity contribution in [2.45, 2.75) is 11.8 Å². The van der Waals surface area contributed by atoms with E-state index in [4.69, 9.17) is 0 Å². The molecule has 1 nitrogen and oxygen atoms in total. The van der Waals surface area contributed by atoms with E-state index in [0.29, 0.717) is 0 Å². The van der Waals surface area contributed by atoms with Crippen LogP contribution >= 0.6 is 11.8 Å². The van der Waals surface area contributed by atoms with Gasteiger partial charge in [-0.1, -0.05) is 25.1 Å². The summed E-state index contributed by atoms with van der Waals surface area (Å²) in [5.74, 6) is 1.02. The minimum Gasteiger partial charge on any atom is -0.303 e. The summed E-state index contributed by atoms with van der Waals surface area (Å²) >= 11 is 1.72. The van der Waals surface area contributed by atoms with Gasteiger partial charge in [-0.05, 0) is 12.1 Å². The quantitative estimate of drug-likeness (QED) is 0.523. The lowest BCUT2D eigenvalue weighted by molar-refractivity contribution is -0.110. The van der Waals surface area contributed by atoms with Gasteiger partial charge < -0.3 is 4.79 Å². The molecule has 2 heteroatoms. The third-order valence-electron chi connectivity index (χ3n) is 1.49. The molecule has 0 fully saturated rings. The average molecular weight is 180 g/mol. The fourth-order valence-electron chi connectivity index (χ4n) is 0.784. The number of hydrogen-bond donors (Lipinski definition) is 0. The third kappa shape index (κ3) is 3.09. The molecular weight excluding hydrogens is 168 g/mol. The number of carbonyl (C=O) groups excluding carboxylic acids is 1. The molecule has 0 amide bonds. The minimum atomic E-state index is 0.148. The van der Waals surface area contributed by atoms with E-state index in [1.165, 1.54) is 4.90 Å². The summed E-state index contributed by atoms with van der Waals surface area (Å²) in [6, 6.07) is 10.1. The second-order valence-corrected chi connectivity index (χ2v) is 3.83. The molecule has 1 aromatic carbocycles. The van der Waals surface area contributed by atoms with Crippen LogP contribution in [0.25, 0.3) is 0 Å². The number of benzene rings is 1. The molecule has 0 aliphatic heterocycles. The Balaban J connectivity index is 2.38. The Kier molecular flexibility index (Phi) is 3.88. The van der Waals surface area contributed by atoms with Gasteiger partial charge in [-0.3, -0.25) is 0 Å². The molecule has 0 spiro atoms. The van der Waals surface area contributed by atoms with Crippen LogP contribution in [-0.2, 0) is 4.79 Å². The Bertz CT molecular complexity index is 233. The topological polar surface area (TPSA) is 17.1 Å². The summed E-state index contributed by atoms with van der Waals surface area (Å²) in [6.45, 7) is 1.93. The lowest BCUT2D eigenvalue weighted by Gasteiger charge is -2.02. The molecule has 0 bridgehead atoms. The summed E-state index contributed by atoms with van der Waals surface area (Å²) in [7, 11) is 0. The summed E-state index contributed by atoms with van der Waals surface area (Å²) in [5.41, 5.74) is 0. The second-order valence-electron chi connectivity index (χ2n) is 2.74. The van der Waals surface area contributed by atoms with E-state index in [0.717, 1.165) is 12.0 Å². The maximum atomic E-state index is 10.3. The monoisotopic (exact) mass is 180 g/mol. The van der Waals surface area contributed by atoms with Crippen molar-refractivity contribution in [2.75, 3.05) is 5.75 Å². The van der Waals surface area contributed by atoms with E-state index in [2.05, 4.69) is 12.1 Å². The molecule has 1 rings (SSSR count). The molecule has 0 unspecified atom stereocenters. The van der Waals surface area contributed by atoms with Gasteiger partial charge in [-0.25, -0.2) is 0 Å². The largest absolute Gasteiger partial charge is 0.303 e. The van der Waals surface area contributed by atoms with Crippen LogP contribution in [-0.4, -0.2) is 12.0 Å². The van der Waals surface area contributed by atoms with Crippen LogP contribution in [0.2, 0.25) is 0 Å². The number of rotatable bonds is 4. The van der Waals surface area contributed by atoms with Crippen molar-refractivity contribution in [3.63, 3.8) is 0 Å². The summed E-state index contributed by atoms with van der Waals surface area (Å²) in [4.78, 5) is 11.5. The second kappa shape index (κ2) is 4.99. The van der Waals surface area contributed by atoms with Gasteiger partial charge in [0.1, 0.15) is 6.29 Å². The Morgan fingerprint density at radius 3 is 2.67 bits per heavy atom. The molecule has 0 aromatic heterocycles. The summed E-state index contributed by atoms with van der Waals surface area (Å²) in [6.07, 6.45) is 0.996. The van der Waals surface area contributed by atoms with Crippen molar-refractivity contribution in [1.82, 2.24) is 0 Å². The lowest BCUT2D eigenvalue weighted by atomic mass is 10.3. The number of aldehydes is 1. The lowest BCUT2D eigenvalue weighted by Crippen LogP contribution is -1.98. The van der Waals surface area contributed by atoms with Gasteiger partial charge in [-0.15, -0.1) is 11.8 Å². The minimum absolute atomic E-state index is 0.148. The molecule has 1 atom stereocenters. The molecule has 0 radical (unpaired) electrons. The zero-order valence-corrected chi connectivity index (χ0v) is 7.88. The van der Waals surface area contributed by atoms with Crippen LogP contribution < -0.4 is 0 Å². The fourth-order valence-corrected chi connectivity index (χ4v) is 1.67. The van der Waals surface area contributed by atoms with Gasteiger partial charge in [0.25, 0.3) is 0 Å². The van der Waals surface area contributed by atoms with Crippen molar-refractivity contribution in [3.8, 4) is 0 Å². The van der Waals surface area contributed by atoms with Crippen molar-refractivity contribution < 1.29 is 4.79 Å². The Hall–Kier alpha value is -0.760. The third-order valence-corrected chi connectivity index (χ3v) is 2.79. The van der Waals surface area contributed by atoms with Gasteiger partial charge in [0.05, 0.1) is 0 Å². The van der Waals surface area contributed by atoms with E-state index in [9.17, 15) is 4.79 Å². The Morgan fingerprint density at radius 2 is 2.08 bits per heavy atom. The first-order valence-electron chi connectivity index (χ1n) is 3.96. The first kappa shape index (κ1) is 9.33. The van der Waals surface area contributed by atoms with Crippen LogP contribution in [0.3, 0.4) is 0 Å². The van der Waals surface area contributed by atoms with Crippen LogP contribution in [0.1, 0.15) is 6.92 Å². The summed E-state index contributed by atoms with van der Waals surface area (Å²) < 4.78 is 0. The van der Waals surface area contributed by atoms with Gasteiger partial charge in [0.2, 0.25) is 0 Å². The van der Waals surface area contributed by atoms with Gasteiger partial charge in [0.15, 0.2) is 0 Å². The standard InChI is InChI=1S/C10H12OS/c1-9(7-11)8-12-10-5-3-2-4-6-10/h2-7,9H,8H2,1H3/t9-/m0/s1. The van der Waals surface area contributed by atoms with Crippen LogP contribution in [0, 0.1) is 5.92 Å². The first-order chi connectivity index (χ1) is 5.83. The SMILES string of the molecule is C[C@@H](C=O)CSc1ccccc1. The van der Waals surface area contributed by atoms with E-state index >= 15 is 0 Å². The zero-order valence-electron chi connectivity index (χ0n) is 7.07. The van der Waals surface area contributed by atoms with Crippen LogP contribution in [0.4, 0.5) is 0 Å². The highest BCUT2D eigenvalue weighted by Crippen LogP contribution is 2.18. The van der Waals surface area contributed by atoms with Gasteiger partial charge in [-0.2, -0.15) is 0 Å². The van der Waals surface area contributed by atoms with Gasteiger partial charge in [0, 0.05) is 16.6 Å². The van der Waals surface area contributed by atoms with E-state index in [1.807, 2.05) is 25.1 Å².